The average Bonchev–Trinajstić information content (AvgIpc) is 3.19. The summed E-state index contributed by atoms with van der Waals surface area (Å²) in [5, 5.41) is 13.7. The first-order valence-corrected chi connectivity index (χ1v) is 7.28. The van der Waals surface area contributed by atoms with E-state index in [0.29, 0.717) is 11.8 Å². The Labute approximate surface area is 110 Å². The summed E-state index contributed by atoms with van der Waals surface area (Å²) in [4.78, 5) is 0. The van der Waals surface area contributed by atoms with Crippen molar-refractivity contribution in [1.82, 2.24) is 5.32 Å². The number of para-hydroxylation sites is 1. The minimum atomic E-state index is 0.273. The number of benzene rings is 1. The third kappa shape index (κ3) is 3.49. The molecule has 2 atom stereocenters. The first kappa shape index (κ1) is 13.4. The first-order chi connectivity index (χ1) is 8.74. The average molecular weight is 247 g/mol. The predicted molar refractivity (Wildman–Crippen MR) is 75.7 cm³/mol. The van der Waals surface area contributed by atoms with E-state index in [9.17, 15) is 5.11 Å². The maximum atomic E-state index is 9.95. The number of nitrogens with one attached hydrogen (secondary N) is 1. The lowest BCUT2D eigenvalue weighted by Gasteiger charge is -2.25. The van der Waals surface area contributed by atoms with Gasteiger partial charge < -0.3 is 10.4 Å². The van der Waals surface area contributed by atoms with Gasteiger partial charge in [-0.3, -0.25) is 0 Å². The van der Waals surface area contributed by atoms with Crippen LogP contribution in [0.1, 0.15) is 57.6 Å². The standard InChI is InChI=1S/C16H25NO/c1-3-13(11-12-9-10-12)17-15(4-2)14-7-5-6-8-16(14)18/h5-8,12-13,15,17-18H,3-4,9-11H2,1-2H3. The summed E-state index contributed by atoms with van der Waals surface area (Å²) >= 11 is 0. The van der Waals surface area contributed by atoms with E-state index in [4.69, 9.17) is 0 Å². The second-order valence-electron chi connectivity index (χ2n) is 5.47. The molecular formula is C16H25NO. The predicted octanol–water partition coefficient (Wildman–Crippen LogP) is 4.01. The molecule has 0 heterocycles. The van der Waals surface area contributed by atoms with Crippen LogP contribution < -0.4 is 5.32 Å². The zero-order valence-electron chi connectivity index (χ0n) is 11.5. The molecule has 0 bridgehead atoms. The van der Waals surface area contributed by atoms with Crippen LogP contribution >= 0.6 is 0 Å². The number of rotatable bonds is 7. The van der Waals surface area contributed by atoms with Crippen molar-refractivity contribution >= 4 is 0 Å². The molecular weight excluding hydrogens is 222 g/mol. The second-order valence-corrected chi connectivity index (χ2v) is 5.47. The third-order valence-corrected chi connectivity index (χ3v) is 3.96. The van der Waals surface area contributed by atoms with Gasteiger partial charge in [-0.1, -0.05) is 44.9 Å². The molecule has 1 fully saturated rings. The van der Waals surface area contributed by atoms with Crippen LogP contribution in [-0.2, 0) is 0 Å². The van der Waals surface area contributed by atoms with Crippen molar-refractivity contribution in [2.24, 2.45) is 5.92 Å². The van der Waals surface area contributed by atoms with Crippen LogP contribution in [0.4, 0.5) is 0 Å². The van der Waals surface area contributed by atoms with Gasteiger partial charge in [0.05, 0.1) is 0 Å². The lowest BCUT2D eigenvalue weighted by Crippen LogP contribution is -2.32. The molecule has 1 aliphatic carbocycles. The second kappa shape index (κ2) is 6.24. The van der Waals surface area contributed by atoms with Crippen LogP contribution in [0.5, 0.6) is 5.75 Å². The lowest BCUT2D eigenvalue weighted by molar-refractivity contribution is 0.372. The molecule has 0 aromatic heterocycles. The summed E-state index contributed by atoms with van der Waals surface area (Å²) in [6.45, 7) is 4.42. The van der Waals surface area contributed by atoms with Gasteiger partial charge in [-0.15, -0.1) is 0 Å². The van der Waals surface area contributed by atoms with E-state index in [1.54, 1.807) is 6.07 Å². The highest BCUT2D eigenvalue weighted by molar-refractivity contribution is 5.34. The van der Waals surface area contributed by atoms with Gasteiger partial charge in [0.25, 0.3) is 0 Å². The molecule has 0 amide bonds. The van der Waals surface area contributed by atoms with Crippen molar-refractivity contribution in [1.29, 1.82) is 0 Å². The monoisotopic (exact) mass is 247 g/mol. The topological polar surface area (TPSA) is 32.3 Å². The Balaban J connectivity index is 2.01. The first-order valence-electron chi connectivity index (χ1n) is 7.28. The third-order valence-electron chi connectivity index (χ3n) is 3.96. The van der Waals surface area contributed by atoms with Crippen molar-refractivity contribution < 1.29 is 5.11 Å². The molecule has 2 unspecified atom stereocenters. The molecule has 18 heavy (non-hydrogen) atoms. The van der Waals surface area contributed by atoms with Gasteiger partial charge >= 0.3 is 0 Å². The Morgan fingerprint density at radius 1 is 1.22 bits per heavy atom. The molecule has 2 N–H and O–H groups in total. The van der Waals surface area contributed by atoms with E-state index in [2.05, 4.69) is 19.2 Å². The molecule has 1 aliphatic rings. The molecule has 0 radical (unpaired) electrons. The van der Waals surface area contributed by atoms with Crippen molar-refractivity contribution in [2.75, 3.05) is 0 Å². The van der Waals surface area contributed by atoms with Crippen LogP contribution in [0, 0.1) is 5.92 Å². The highest BCUT2D eigenvalue weighted by Gasteiger charge is 2.26. The minimum absolute atomic E-state index is 0.273. The fourth-order valence-electron chi connectivity index (χ4n) is 2.60. The SMILES string of the molecule is CCC(CC1CC1)NC(CC)c1ccccc1O. The molecule has 1 aromatic rings. The van der Waals surface area contributed by atoms with Crippen LogP contribution in [0.2, 0.25) is 0 Å². The van der Waals surface area contributed by atoms with Crippen molar-refractivity contribution in [3.63, 3.8) is 0 Å². The van der Waals surface area contributed by atoms with Crippen LogP contribution in [-0.4, -0.2) is 11.1 Å². The summed E-state index contributed by atoms with van der Waals surface area (Å²) in [5.41, 5.74) is 1.04. The smallest absolute Gasteiger partial charge is 0.120 e. The van der Waals surface area contributed by atoms with Crippen molar-refractivity contribution in [2.45, 2.75) is 58.0 Å². The highest BCUT2D eigenvalue weighted by atomic mass is 16.3. The fourth-order valence-corrected chi connectivity index (χ4v) is 2.60. The normalized spacial score (nSPS) is 18.6. The highest BCUT2D eigenvalue weighted by Crippen LogP contribution is 2.35. The van der Waals surface area contributed by atoms with E-state index in [1.165, 1.54) is 25.7 Å². The van der Waals surface area contributed by atoms with Crippen molar-refractivity contribution in [3.8, 4) is 5.75 Å². The van der Waals surface area contributed by atoms with E-state index < -0.39 is 0 Å². The summed E-state index contributed by atoms with van der Waals surface area (Å²) in [7, 11) is 0. The number of hydrogen-bond donors (Lipinski definition) is 2. The van der Waals surface area contributed by atoms with Crippen molar-refractivity contribution in [3.05, 3.63) is 29.8 Å². The Kier molecular flexibility index (Phi) is 4.65. The number of phenols is 1. The van der Waals surface area contributed by atoms with Gasteiger partial charge in [0.1, 0.15) is 5.75 Å². The van der Waals surface area contributed by atoms with Gasteiger partial charge in [-0.2, -0.15) is 0 Å². The number of hydrogen-bond acceptors (Lipinski definition) is 2. The quantitative estimate of drug-likeness (QED) is 0.763. The van der Waals surface area contributed by atoms with E-state index in [-0.39, 0.29) is 6.04 Å². The van der Waals surface area contributed by atoms with E-state index >= 15 is 0 Å². The fraction of sp³-hybridized carbons (Fsp3) is 0.625. The van der Waals surface area contributed by atoms with Crippen LogP contribution in [0.15, 0.2) is 24.3 Å². The minimum Gasteiger partial charge on any atom is -0.508 e. The molecule has 2 heteroatoms. The van der Waals surface area contributed by atoms with Gasteiger partial charge in [0.15, 0.2) is 0 Å². The molecule has 0 spiro atoms. The van der Waals surface area contributed by atoms with Gasteiger partial charge in [0, 0.05) is 17.6 Å². The Bertz CT molecular complexity index is 373. The van der Waals surface area contributed by atoms with E-state index in [1.807, 2.05) is 18.2 Å². The largest absolute Gasteiger partial charge is 0.508 e. The molecule has 2 rings (SSSR count). The maximum Gasteiger partial charge on any atom is 0.120 e. The Morgan fingerprint density at radius 2 is 1.94 bits per heavy atom. The summed E-state index contributed by atoms with van der Waals surface area (Å²) in [5.74, 6) is 1.36. The maximum absolute atomic E-state index is 9.95. The molecule has 100 valence electrons. The number of aromatic hydroxyl groups is 1. The molecule has 1 saturated carbocycles. The molecule has 0 saturated heterocycles. The van der Waals surface area contributed by atoms with E-state index in [0.717, 1.165) is 17.9 Å². The molecule has 0 aliphatic heterocycles. The zero-order valence-corrected chi connectivity index (χ0v) is 11.5. The lowest BCUT2D eigenvalue weighted by atomic mass is 10.00. The van der Waals surface area contributed by atoms with Gasteiger partial charge in [0.2, 0.25) is 0 Å². The number of phenolic OH excluding ortho intramolecular Hbond substituents is 1. The summed E-state index contributed by atoms with van der Waals surface area (Å²) in [6.07, 6.45) is 6.29. The van der Waals surface area contributed by atoms with Crippen LogP contribution in [0.25, 0.3) is 0 Å². The zero-order chi connectivity index (χ0) is 13.0. The van der Waals surface area contributed by atoms with Gasteiger partial charge in [-0.25, -0.2) is 0 Å². The Morgan fingerprint density at radius 3 is 2.50 bits per heavy atom. The summed E-state index contributed by atoms with van der Waals surface area (Å²) < 4.78 is 0. The van der Waals surface area contributed by atoms with Crippen LogP contribution in [0.3, 0.4) is 0 Å². The molecule has 1 aromatic carbocycles. The summed E-state index contributed by atoms with van der Waals surface area (Å²) in [6, 6.07) is 8.55. The Hall–Kier alpha value is -1.02. The molecule has 2 nitrogen and oxygen atoms in total. The van der Waals surface area contributed by atoms with Gasteiger partial charge in [-0.05, 0) is 31.2 Å².